The fraction of sp³-hybridized carbons (Fsp3) is 0.696. The van der Waals surface area contributed by atoms with E-state index >= 15 is 0 Å². The van der Waals surface area contributed by atoms with Gasteiger partial charge in [-0.05, 0) is 38.3 Å². The van der Waals surface area contributed by atoms with E-state index in [1.165, 1.54) is 31.4 Å². The van der Waals surface area contributed by atoms with Crippen molar-refractivity contribution < 1.29 is 4.74 Å². The van der Waals surface area contributed by atoms with E-state index in [-0.39, 0.29) is 24.0 Å². The summed E-state index contributed by atoms with van der Waals surface area (Å²) in [5, 5.41) is 3.55. The molecule has 2 unspecified atom stereocenters. The largest absolute Gasteiger partial charge is 0.379 e. The molecule has 168 valence electrons. The van der Waals surface area contributed by atoms with Gasteiger partial charge in [-0.1, -0.05) is 30.3 Å². The summed E-state index contributed by atoms with van der Waals surface area (Å²) in [5.41, 5.74) is 1.41. The summed E-state index contributed by atoms with van der Waals surface area (Å²) in [6, 6.07) is 12.0. The molecule has 0 radical (unpaired) electrons. The van der Waals surface area contributed by atoms with E-state index in [9.17, 15) is 0 Å². The minimum absolute atomic E-state index is 0. The highest BCUT2D eigenvalue weighted by Crippen LogP contribution is 2.21. The van der Waals surface area contributed by atoms with Gasteiger partial charge in [-0.3, -0.25) is 14.8 Å². The van der Waals surface area contributed by atoms with Crippen LogP contribution in [0.3, 0.4) is 0 Å². The highest BCUT2D eigenvalue weighted by Gasteiger charge is 2.31. The number of nitrogens with one attached hydrogen (secondary N) is 1. The Morgan fingerprint density at radius 2 is 1.90 bits per heavy atom. The van der Waals surface area contributed by atoms with E-state index in [0.29, 0.717) is 12.1 Å². The Morgan fingerprint density at radius 1 is 1.10 bits per heavy atom. The average Bonchev–Trinajstić information content (AvgIpc) is 3.42. The first kappa shape index (κ1) is 23.8. The van der Waals surface area contributed by atoms with E-state index in [2.05, 4.69) is 57.3 Å². The van der Waals surface area contributed by atoms with Gasteiger partial charge >= 0.3 is 0 Å². The van der Waals surface area contributed by atoms with Crippen molar-refractivity contribution in [1.82, 2.24) is 20.0 Å². The summed E-state index contributed by atoms with van der Waals surface area (Å²) in [6.45, 7) is 12.3. The monoisotopic (exact) mass is 527 g/mol. The second-order valence-corrected chi connectivity index (χ2v) is 8.48. The maximum absolute atomic E-state index is 5.52. The number of hydrogen-bond donors (Lipinski definition) is 1. The molecule has 0 saturated carbocycles. The summed E-state index contributed by atoms with van der Waals surface area (Å²) < 4.78 is 5.52. The Balaban J connectivity index is 0.00000256. The molecule has 3 aliphatic heterocycles. The van der Waals surface area contributed by atoms with Gasteiger partial charge in [0, 0.05) is 51.4 Å². The third-order valence-electron chi connectivity index (χ3n) is 6.54. The Bertz CT molecular complexity index is 652. The smallest absolute Gasteiger partial charge is 0.194 e. The lowest BCUT2D eigenvalue weighted by molar-refractivity contribution is 0.0195. The summed E-state index contributed by atoms with van der Waals surface area (Å²) in [4.78, 5) is 12.8. The predicted molar refractivity (Wildman–Crippen MR) is 134 cm³/mol. The minimum Gasteiger partial charge on any atom is -0.379 e. The van der Waals surface area contributed by atoms with Crippen LogP contribution in [0.15, 0.2) is 35.3 Å². The molecule has 0 amide bonds. The van der Waals surface area contributed by atoms with Crippen LogP contribution in [-0.2, 0) is 11.3 Å². The van der Waals surface area contributed by atoms with Gasteiger partial charge in [0.2, 0.25) is 0 Å². The first-order valence-electron chi connectivity index (χ1n) is 11.5. The van der Waals surface area contributed by atoms with E-state index in [1.54, 1.807) is 0 Å². The van der Waals surface area contributed by atoms with Crippen molar-refractivity contribution in [3.05, 3.63) is 35.9 Å². The lowest BCUT2D eigenvalue weighted by Crippen LogP contribution is -2.47. The van der Waals surface area contributed by atoms with Crippen LogP contribution in [-0.4, -0.2) is 91.8 Å². The summed E-state index contributed by atoms with van der Waals surface area (Å²) in [5.74, 6) is 1.11. The number of hydrogen-bond acceptors (Lipinski definition) is 4. The molecule has 4 rings (SSSR count). The molecular weight excluding hydrogens is 489 g/mol. The molecule has 30 heavy (non-hydrogen) atoms. The first-order chi connectivity index (χ1) is 14.3. The Kier molecular flexibility index (Phi) is 9.67. The molecule has 0 aromatic heterocycles. The second kappa shape index (κ2) is 12.2. The fourth-order valence-corrected chi connectivity index (χ4v) is 4.92. The molecule has 0 bridgehead atoms. The van der Waals surface area contributed by atoms with E-state index < -0.39 is 0 Å². The molecule has 1 aromatic carbocycles. The molecule has 2 atom stereocenters. The van der Waals surface area contributed by atoms with Crippen LogP contribution in [0.4, 0.5) is 0 Å². The maximum atomic E-state index is 5.52. The van der Waals surface area contributed by atoms with E-state index in [0.717, 1.165) is 65.0 Å². The summed E-state index contributed by atoms with van der Waals surface area (Å²) in [7, 11) is 0. The number of halogens is 1. The first-order valence-corrected chi connectivity index (χ1v) is 11.5. The van der Waals surface area contributed by atoms with Gasteiger partial charge in [0.25, 0.3) is 0 Å². The second-order valence-electron chi connectivity index (χ2n) is 8.48. The van der Waals surface area contributed by atoms with Gasteiger partial charge in [-0.15, -0.1) is 24.0 Å². The van der Waals surface area contributed by atoms with Crippen LogP contribution >= 0.6 is 24.0 Å². The van der Waals surface area contributed by atoms with E-state index in [4.69, 9.17) is 9.73 Å². The SMILES string of the molecule is CCNC(=NCC1CCCN1Cc1ccccc1)N1CCC(N2CCOCC2)C1.I. The van der Waals surface area contributed by atoms with Gasteiger partial charge < -0.3 is 15.0 Å². The predicted octanol–water partition coefficient (Wildman–Crippen LogP) is 2.64. The summed E-state index contributed by atoms with van der Waals surface area (Å²) in [6.07, 6.45) is 3.77. The third-order valence-corrected chi connectivity index (χ3v) is 6.54. The normalized spacial score (nSPS) is 26.0. The quantitative estimate of drug-likeness (QED) is 0.350. The maximum Gasteiger partial charge on any atom is 0.194 e. The van der Waals surface area contributed by atoms with Crippen molar-refractivity contribution in [2.75, 3.05) is 59.0 Å². The third kappa shape index (κ3) is 6.31. The molecule has 1 N–H and O–H groups in total. The van der Waals surface area contributed by atoms with Crippen LogP contribution in [0.5, 0.6) is 0 Å². The summed E-state index contributed by atoms with van der Waals surface area (Å²) >= 11 is 0. The van der Waals surface area contributed by atoms with Crippen LogP contribution in [0, 0.1) is 0 Å². The number of ether oxygens (including phenoxy) is 1. The molecular formula is C23H38IN5O. The van der Waals surface area contributed by atoms with Gasteiger partial charge in [0.05, 0.1) is 19.8 Å². The van der Waals surface area contributed by atoms with Crippen molar-refractivity contribution in [3.8, 4) is 0 Å². The van der Waals surface area contributed by atoms with Crippen molar-refractivity contribution in [2.45, 2.75) is 44.8 Å². The molecule has 1 aromatic rings. The van der Waals surface area contributed by atoms with Gasteiger partial charge in [0.1, 0.15) is 0 Å². The molecule has 3 fully saturated rings. The number of rotatable bonds is 6. The number of nitrogens with zero attached hydrogens (tertiary/aromatic N) is 4. The highest BCUT2D eigenvalue weighted by atomic mass is 127. The zero-order valence-electron chi connectivity index (χ0n) is 18.3. The molecule has 0 spiro atoms. The Morgan fingerprint density at radius 3 is 2.67 bits per heavy atom. The van der Waals surface area contributed by atoms with Gasteiger partial charge in [-0.2, -0.15) is 0 Å². The van der Waals surface area contributed by atoms with Crippen LogP contribution < -0.4 is 5.32 Å². The van der Waals surface area contributed by atoms with Gasteiger partial charge in [0.15, 0.2) is 5.96 Å². The molecule has 6 nitrogen and oxygen atoms in total. The minimum atomic E-state index is 0. The number of aliphatic imine (C=N–C) groups is 1. The molecule has 3 heterocycles. The number of morpholine rings is 1. The van der Waals surface area contributed by atoms with Crippen LogP contribution in [0.25, 0.3) is 0 Å². The lowest BCUT2D eigenvalue weighted by atomic mass is 10.2. The lowest BCUT2D eigenvalue weighted by Gasteiger charge is -2.32. The molecule has 3 saturated heterocycles. The van der Waals surface area contributed by atoms with Crippen LogP contribution in [0.2, 0.25) is 0 Å². The van der Waals surface area contributed by atoms with Crippen molar-refractivity contribution in [3.63, 3.8) is 0 Å². The Hall–Kier alpha value is -0.900. The zero-order valence-corrected chi connectivity index (χ0v) is 20.7. The standard InChI is InChI=1S/C23H37N5O.HI/c1-2-24-23(28-12-10-22(19-28)26-13-15-29-16-14-26)25-17-21-9-6-11-27(21)18-20-7-4-3-5-8-20;/h3-5,7-8,21-22H,2,6,9-19H2,1H3,(H,24,25);1H. The topological polar surface area (TPSA) is 43.3 Å². The van der Waals surface area contributed by atoms with Crippen LogP contribution in [0.1, 0.15) is 31.7 Å². The number of benzene rings is 1. The highest BCUT2D eigenvalue weighted by molar-refractivity contribution is 14.0. The van der Waals surface area contributed by atoms with Gasteiger partial charge in [-0.25, -0.2) is 0 Å². The number of likely N-dealkylation sites (tertiary alicyclic amines) is 2. The van der Waals surface area contributed by atoms with E-state index in [1.807, 2.05) is 0 Å². The van der Waals surface area contributed by atoms with Crippen molar-refractivity contribution in [2.24, 2.45) is 4.99 Å². The number of guanidine groups is 1. The molecule has 3 aliphatic rings. The van der Waals surface area contributed by atoms with Crippen molar-refractivity contribution >= 4 is 29.9 Å². The van der Waals surface area contributed by atoms with Crippen molar-refractivity contribution in [1.29, 1.82) is 0 Å². The average molecular weight is 527 g/mol. The molecule has 7 heteroatoms. The zero-order chi connectivity index (χ0) is 19.9. The molecule has 0 aliphatic carbocycles. The Labute approximate surface area is 199 Å². The fourth-order valence-electron chi connectivity index (χ4n) is 4.92.